The van der Waals surface area contributed by atoms with Crippen LogP contribution in [0.3, 0.4) is 0 Å². The van der Waals surface area contributed by atoms with Crippen LogP contribution in [0.25, 0.3) is 0 Å². The summed E-state index contributed by atoms with van der Waals surface area (Å²) in [5, 5.41) is 30.3. The largest absolute Gasteiger partial charge is 0.490 e. The molecule has 0 spiro atoms. The van der Waals surface area contributed by atoms with Crippen molar-refractivity contribution in [3.63, 3.8) is 0 Å². The second-order valence-electron chi connectivity index (χ2n) is 6.36. The molecule has 6 unspecified atom stereocenters. The lowest BCUT2D eigenvalue weighted by Gasteiger charge is -2.19. The number of alkyl halides is 1. The van der Waals surface area contributed by atoms with Gasteiger partial charge in [-0.1, -0.05) is 5.21 Å². The maximum Gasteiger partial charge on any atom is 0.490 e. The van der Waals surface area contributed by atoms with Gasteiger partial charge in [0.05, 0.1) is 18.5 Å². The predicted octanol–water partition coefficient (Wildman–Crippen LogP) is -1.86. The van der Waals surface area contributed by atoms with E-state index in [0.29, 0.717) is 5.69 Å². The molecular weight excluding hydrogens is 541 g/mol. The summed E-state index contributed by atoms with van der Waals surface area (Å²) in [6.45, 7) is -0.770. The third kappa shape index (κ3) is 9.05. The van der Waals surface area contributed by atoms with Crippen LogP contribution in [0.5, 0.6) is 0 Å². The molecule has 0 saturated carbocycles. The van der Waals surface area contributed by atoms with Crippen LogP contribution < -0.4 is 5.32 Å². The number of ether oxygens (including phenoxy) is 1. The minimum atomic E-state index is -5.71. The van der Waals surface area contributed by atoms with E-state index in [1.807, 2.05) is 0 Å². The van der Waals surface area contributed by atoms with Crippen molar-refractivity contribution < 1.29 is 66.2 Å². The Bertz CT molecular complexity index is 972. The van der Waals surface area contributed by atoms with E-state index in [9.17, 15) is 33.6 Å². The number of amides is 1. The smallest absolute Gasteiger partial charge is 0.387 e. The summed E-state index contributed by atoms with van der Waals surface area (Å²) in [6, 6.07) is 0. The number of aliphatic hydroxyl groups excluding tert-OH is 2. The molecule has 1 fully saturated rings. The first-order valence-electron chi connectivity index (χ1n) is 8.66. The van der Waals surface area contributed by atoms with Crippen molar-refractivity contribution in [3.05, 3.63) is 11.9 Å². The van der Waals surface area contributed by atoms with Crippen LogP contribution in [0.2, 0.25) is 0 Å². The van der Waals surface area contributed by atoms with Gasteiger partial charge in [-0.3, -0.25) is 9.32 Å². The number of nitrogens with one attached hydrogen (secondary N) is 1. The number of rotatable bonds is 12. The molecule has 190 valence electrons. The Morgan fingerprint density at radius 2 is 1.82 bits per heavy atom. The van der Waals surface area contributed by atoms with Crippen LogP contribution in [0.1, 0.15) is 11.9 Å². The summed E-state index contributed by atoms with van der Waals surface area (Å²) in [6.07, 6.45) is -4.47. The van der Waals surface area contributed by atoms with Crippen molar-refractivity contribution >= 4 is 41.0 Å². The van der Waals surface area contributed by atoms with Crippen molar-refractivity contribution in [3.8, 4) is 0 Å². The summed E-state index contributed by atoms with van der Waals surface area (Å²) in [5.74, 6) is -0.602. The number of phosphoric acid groups is 3. The van der Waals surface area contributed by atoms with Crippen molar-refractivity contribution in [2.75, 3.05) is 19.0 Å². The number of aliphatic hydroxyl groups is 2. The topological polar surface area (TPSA) is 269 Å². The second-order valence-corrected chi connectivity index (χ2v) is 11.0. The number of carbonyl (C=O) groups is 1. The van der Waals surface area contributed by atoms with E-state index in [1.54, 1.807) is 0 Å². The van der Waals surface area contributed by atoms with Crippen LogP contribution in [0, 0.1) is 0 Å². The van der Waals surface area contributed by atoms with Crippen molar-refractivity contribution in [1.29, 1.82) is 0 Å². The molecule has 2 rings (SSSR count). The van der Waals surface area contributed by atoms with Crippen LogP contribution in [0.4, 0.5) is 0 Å². The Balaban J connectivity index is 1.94. The molecule has 0 radical (unpaired) electrons. The molecule has 1 aliphatic rings. The van der Waals surface area contributed by atoms with E-state index in [0.717, 1.165) is 4.68 Å². The summed E-state index contributed by atoms with van der Waals surface area (Å²) in [4.78, 5) is 46.7. The highest BCUT2D eigenvalue weighted by atomic mass is 35.5. The average Bonchev–Trinajstić information content (AvgIpc) is 3.22. The normalized spacial score (nSPS) is 27.1. The van der Waals surface area contributed by atoms with Crippen LogP contribution in [-0.2, 0) is 42.8 Å². The highest BCUT2D eigenvalue weighted by Gasteiger charge is 2.46. The molecule has 1 aromatic rings. The van der Waals surface area contributed by atoms with Gasteiger partial charge in [0.15, 0.2) is 6.23 Å². The van der Waals surface area contributed by atoms with Gasteiger partial charge >= 0.3 is 23.5 Å². The standard InChI is InChI=1S/C11H20ClN4O14P3/c12-3-8(17)13-2-1-6-4-16(15-14-6)11-10(19)9(18)7(28-11)5-27-32(23,24)30-33(25,26)29-31(20,21)22/h4,7,9-11,18-19H,1-3,5H2,(H,13,17)(H,23,24)(H,25,26)(H2,20,21,22). The van der Waals surface area contributed by atoms with Gasteiger partial charge < -0.3 is 39.8 Å². The summed E-state index contributed by atoms with van der Waals surface area (Å²) in [7, 11) is -16.7. The molecule has 6 atom stereocenters. The molecule has 18 nitrogen and oxygen atoms in total. The zero-order valence-electron chi connectivity index (χ0n) is 16.2. The van der Waals surface area contributed by atoms with E-state index < -0.39 is 54.6 Å². The molecule has 1 amide bonds. The summed E-state index contributed by atoms with van der Waals surface area (Å²) < 4.78 is 51.6. The molecule has 0 aromatic carbocycles. The lowest BCUT2D eigenvalue weighted by Crippen LogP contribution is -2.33. The summed E-state index contributed by atoms with van der Waals surface area (Å²) >= 11 is 5.35. The average molecular weight is 561 g/mol. The first kappa shape index (κ1) is 28.4. The SMILES string of the molecule is O=C(CCl)NCCc1cn(C2OC(COP(=O)(O)OP(=O)(O)OP(=O)(O)O)C(O)C2O)nn1. The van der Waals surface area contributed by atoms with E-state index >= 15 is 0 Å². The first-order chi connectivity index (χ1) is 15.1. The molecule has 33 heavy (non-hydrogen) atoms. The van der Waals surface area contributed by atoms with E-state index in [2.05, 4.69) is 28.8 Å². The zero-order valence-corrected chi connectivity index (χ0v) is 19.7. The van der Waals surface area contributed by atoms with E-state index in [1.165, 1.54) is 6.20 Å². The number of phosphoric ester groups is 1. The fourth-order valence-corrected chi connectivity index (χ4v) is 5.61. The van der Waals surface area contributed by atoms with Crippen LogP contribution >= 0.6 is 35.1 Å². The third-order valence-electron chi connectivity index (χ3n) is 3.80. The molecule has 1 aromatic heterocycles. The Morgan fingerprint density at radius 1 is 1.15 bits per heavy atom. The Hall–Kier alpha value is -0.810. The molecule has 7 N–H and O–H groups in total. The quantitative estimate of drug-likeness (QED) is 0.109. The molecule has 0 aliphatic carbocycles. The van der Waals surface area contributed by atoms with Gasteiger partial charge in [-0.15, -0.1) is 16.7 Å². The number of carbonyl (C=O) groups excluding carboxylic acids is 1. The molecule has 22 heteroatoms. The highest BCUT2D eigenvalue weighted by molar-refractivity contribution is 7.66. The molecule has 1 aliphatic heterocycles. The minimum absolute atomic E-state index is 0.198. The Kier molecular flexibility index (Phi) is 9.72. The van der Waals surface area contributed by atoms with Crippen LogP contribution in [-0.4, -0.2) is 88.0 Å². The summed E-state index contributed by atoms with van der Waals surface area (Å²) in [5.41, 5.74) is 0.381. The van der Waals surface area contributed by atoms with E-state index in [4.69, 9.17) is 31.0 Å². The first-order valence-corrected chi connectivity index (χ1v) is 13.7. The number of aromatic nitrogens is 3. The van der Waals surface area contributed by atoms with Gasteiger partial charge in [0, 0.05) is 13.0 Å². The lowest BCUT2D eigenvalue weighted by atomic mass is 10.1. The second kappa shape index (κ2) is 11.3. The molecule has 1 saturated heterocycles. The molecular formula is C11H20ClN4O14P3. The number of nitrogens with zero attached hydrogens (tertiary/aromatic N) is 3. The maximum absolute atomic E-state index is 11.8. The number of hydrogen-bond acceptors (Lipinski definition) is 12. The third-order valence-corrected chi connectivity index (χ3v) is 7.84. The fourth-order valence-electron chi connectivity index (χ4n) is 2.49. The zero-order chi connectivity index (χ0) is 25.0. The fraction of sp³-hybridized carbons (Fsp3) is 0.727. The minimum Gasteiger partial charge on any atom is -0.387 e. The van der Waals surface area contributed by atoms with Crippen molar-refractivity contribution in [1.82, 2.24) is 20.3 Å². The van der Waals surface area contributed by atoms with Gasteiger partial charge in [0.25, 0.3) is 0 Å². The van der Waals surface area contributed by atoms with Gasteiger partial charge in [-0.25, -0.2) is 18.4 Å². The lowest BCUT2D eigenvalue weighted by molar-refractivity contribution is -0.118. The van der Waals surface area contributed by atoms with Gasteiger partial charge in [-0.2, -0.15) is 8.62 Å². The van der Waals surface area contributed by atoms with Crippen LogP contribution in [0.15, 0.2) is 6.20 Å². The Labute approximate surface area is 189 Å². The number of hydrogen-bond donors (Lipinski definition) is 7. The highest BCUT2D eigenvalue weighted by Crippen LogP contribution is 2.66. The Morgan fingerprint density at radius 3 is 2.42 bits per heavy atom. The maximum atomic E-state index is 11.8. The predicted molar refractivity (Wildman–Crippen MR) is 103 cm³/mol. The van der Waals surface area contributed by atoms with Gasteiger partial charge in [0.2, 0.25) is 5.91 Å². The monoisotopic (exact) mass is 560 g/mol. The van der Waals surface area contributed by atoms with Gasteiger partial charge in [-0.05, 0) is 0 Å². The van der Waals surface area contributed by atoms with Gasteiger partial charge in [0.1, 0.15) is 24.2 Å². The van der Waals surface area contributed by atoms with Crippen molar-refractivity contribution in [2.45, 2.75) is 31.0 Å². The molecule has 0 bridgehead atoms. The molecule has 2 heterocycles. The van der Waals surface area contributed by atoms with Crippen molar-refractivity contribution in [2.24, 2.45) is 0 Å². The number of halogens is 1. The van der Waals surface area contributed by atoms with E-state index in [-0.39, 0.29) is 24.8 Å².